The van der Waals surface area contributed by atoms with Crippen molar-refractivity contribution in [1.29, 1.82) is 0 Å². The van der Waals surface area contributed by atoms with Gasteiger partial charge in [-0.2, -0.15) is 0 Å². The van der Waals surface area contributed by atoms with Gasteiger partial charge in [-0.1, -0.05) is 23.7 Å². The number of nitrogens with zero attached hydrogens (tertiary/aromatic N) is 4. The first-order valence-electron chi connectivity index (χ1n) is 7.82. The minimum absolute atomic E-state index is 0.00422. The van der Waals surface area contributed by atoms with E-state index in [0.717, 1.165) is 23.6 Å². The van der Waals surface area contributed by atoms with Crippen LogP contribution in [0.4, 0.5) is 4.39 Å². The van der Waals surface area contributed by atoms with Crippen molar-refractivity contribution in [2.45, 2.75) is 13.3 Å². The number of benzene rings is 1. The maximum Gasteiger partial charge on any atom is 0.446 e. The van der Waals surface area contributed by atoms with Gasteiger partial charge in [0.15, 0.2) is 0 Å². The van der Waals surface area contributed by atoms with Crippen LogP contribution in [-0.4, -0.2) is 39.7 Å². The number of aromatic nitrogens is 4. The minimum Gasteiger partial charge on any atom is -0.472 e. The Kier molecular flexibility index (Phi) is 5.64. The molecule has 11 heteroatoms. The molecule has 1 N–H and O–H groups in total. The standard InChI is InChI=1S/C15H15ClFN5O4/c1-2-5-18-6-7-24-14-12(19-26-21-14)13-20-25-15(23)22(13)9-3-4-11(17)10(16)8-9/h3-4,8,18H,2,5-7H2,1H3. The smallest absolute Gasteiger partial charge is 0.446 e. The topological polar surface area (TPSA) is 108 Å². The van der Waals surface area contributed by atoms with Gasteiger partial charge in [0.1, 0.15) is 12.4 Å². The van der Waals surface area contributed by atoms with E-state index < -0.39 is 11.6 Å². The summed E-state index contributed by atoms with van der Waals surface area (Å²) >= 11 is 5.78. The molecule has 0 atom stereocenters. The lowest BCUT2D eigenvalue weighted by Crippen LogP contribution is -2.21. The third-order valence-electron chi connectivity index (χ3n) is 3.38. The van der Waals surface area contributed by atoms with Crippen molar-refractivity contribution in [3.8, 4) is 23.1 Å². The van der Waals surface area contributed by atoms with Gasteiger partial charge in [-0.05, 0) is 41.5 Å². The number of nitrogens with one attached hydrogen (secondary N) is 1. The molecule has 3 rings (SSSR count). The van der Waals surface area contributed by atoms with Gasteiger partial charge in [-0.15, -0.1) is 0 Å². The summed E-state index contributed by atoms with van der Waals surface area (Å²) in [5, 5.41) is 14.1. The summed E-state index contributed by atoms with van der Waals surface area (Å²) in [5.41, 5.74) is 0.322. The molecule has 0 aliphatic rings. The molecular formula is C15H15ClFN5O4. The van der Waals surface area contributed by atoms with E-state index in [2.05, 4.69) is 27.7 Å². The van der Waals surface area contributed by atoms with Crippen molar-refractivity contribution in [3.63, 3.8) is 0 Å². The van der Waals surface area contributed by atoms with Gasteiger partial charge in [0.2, 0.25) is 11.5 Å². The van der Waals surface area contributed by atoms with Crippen LogP contribution in [0.2, 0.25) is 5.02 Å². The third-order valence-corrected chi connectivity index (χ3v) is 3.67. The van der Waals surface area contributed by atoms with Gasteiger partial charge in [0.05, 0.1) is 10.7 Å². The molecule has 0 saturated heterocycles. The Hall–Kier alpha value is -2.72. The largest absolute Gasteiger partial charge is 0.472 e. The molecule has 0 aliphatic carbocycles. The maximum atomic E-state index is 13.4. The van der Waals surface area contributed by atoms with Gasteiger partial charge in [-0.3, -0.25) is 4.52 Å². The van der Waals surface area contributed by atoms with Gasteiger partial charge in [0.25, 0.3) is 5.88 Å². The van der Waals surface area contributed by atoms with Crippen LogP contribution in [0.1, 0.15) is 13.3 Å². The summed E-state index contributed by atoms with van der Waals surface area (Å²) in [7, 11) is 0. The molecule has 1 aromatic carbocycles. The lowest BCUT2D eigenvalue weighted by molar-refractivity contribution is 0.255. The Morgan fingerprint density at radius 1 is 1.31 bits per heavy atom. The molecule has 0 unspecified atom stereocenters. The zero-order valence-electron chi connectivity index (χ0n) is 13.7. The minimum atomic E-state index is -0.804. The lowest BCUT2D eigenvalue weighted by Gasteiger charge is -2.06. The third kappa shape index (κ3) is 3.75. The van der Waals surface area contributed by atoms with E-state index in [4.69, 9.17) is 25.5 Å². The van der Waals surface area contributed by atoms with Gasteiger partial charge >= 0.3 is 5.76 Å². The average molecular weight is 384 g/mol. The molecule has 2 aromatic heterocycles. The van der Waals surface area contributed by atoms with E-state index in [0.29, 0.717) is 13.2 Å². The van der Waals surface area contributed by atoms with E-state index in [1.165, 1.54) is 12.1 Å². The summed E-state index contributed by atoms with van der Waals surface area (Å²) in [4.78, 5) is 12.0. The van der Waals surface area contributed by atoms with Crippen LogP contribution in [0.5, 0.6) is 5.88 Å². The van der Waals surface area contributed by atoms with Crippen LogP contribution >= 0.6 is 11.6 Å². The molecule has 3 aromatic rings. The molecule has 0 saturated carbocycles. The molecule has 0 aliphatic heterocycles. The molecule has 0 bridgehead atoms. The van der Waals surface area contributed by atoms with Crippen LogP contribution in [0.3, 0.4) is 0 Å². The molecule has 138 valence electrons. The van der Waals surface area contributed by atoms with Crippen molar-refractivity contribution in [3.05, 3.63) is 39.6 Å². The first-order valence-corrected chi connectivity index (χ1v) is 8.20. The Bertz CT molecular complexity index is 938. The van der Waals surface area contributed by atoms with Crippen LogP contribution in [0.15, 0.2) is 32.1 Å². The fourth-order valence-electron chi connectivity index (χ4n) is 2.18. The van der Waals surface area contributed by atoms with E-state index in [1.54, 1.807) is 0 Å². The van der Waals surface area contributed by atoms with Gasteiger partial charge < -0.3 is 10.1 Å². The van der Waals surface area contributed by atoms with Crippen LogP contribution in [-0.2, 0) is 0 Å². The van der Waals surface area contributed by atoms with Crippen molar-refractivity contribution in [1.82, 2.24) is 25.4 Å². The molecule has 9 nitrogen and oxygen atoms in total. The molecular weight excluding hydrogens is 369 g/mol. The van der Waals surface area contributed by atoms with E-state index >= 15 is 0 Å². The fourth-order valence-corrected chi connectivity index (χ4v) is 2.36. The maximum absolute atomic E-state index is 13.4. The Morgan fingerprint density at radius 3 is 2.92 bits per heavy atom. The highest BCUT2D eigenvalue weighted by Crippen LogP contribution is 2.27. The normalized spacial score (nSPS) is 11.0. The highest BCUT2D eigenvalue weighted by atomic mass is 35.5. The Labute approximate surface area is 151 Å². The lowest BCUT2D eigenvalue weighted by atomic mass is 10.3. The predicted molar refractivity (Wildman–Crippen MR) is 89.0 cm³/mol. The first kappa shape index (κ1) is 18.1. The fraction of sp³-hybridized carbons (Fsp3) is 0.333. The van der Waals surface area contributed by atoms with Gasteiger partial charge in [0, 0.05) is 6.54 Å². The number of ether oxygens (including phenoxy) is 1. The number of hydrogen-bond acceptors (Lipinski definition) is 8. The summed E-state index contributed by atoms with van der Waals surface area (Å²) < 4.78 is 29.3. The SMILES string of the molecule is CCCNCCOc1nonc1-c1noc(=O)n1-c1ccc(F)c(Cl)c1. The number of hydrogen-bond donors (Lipinski definition) is 1. The quantitative estimate of drug-likeness (QED) is 0.589. The first-order chi connectivity index (χ1) is 12.6. The second-order valence-electron chi connectivity index (χ2n) is 5.22. The summed E-state index contributed by atoms with van der Waals surface area (Å²) in [5.74, 6) is -1.37. The number of halogens is 2. The van der Waals surface area contributed by atoms with Crippen LogP contribution < -0.4 is 15.8 Å². The monoisotopic (exact) mass is 383 g/mol. The zero-order chi connectivity index (χ0) is 18.5. The van der Waals surface area contributed by atoms with Crippen LogP contribution in [0, 0.1) is 5.82 Å². The zero-order valence-corrected chi connectivity index (χ0v) is 14.5. The second-order valence-corrected chi connectivity index (χ2v) is 5.63. The summed E-state index contributed by atoms with van der Waals surface area (Å²) in [6.07, 6.45) is 1.00. The van der Waals surface area contributed by atoms with E-state index in [9.17, 15) is 9.18 Å². The van der Waals surface area contributed by atoms with Crippen molar-refractivity contribution < 1.29 is 18.3 Å². The number of rotatable bonds is 8. The molecule has 0 spiro atoms. The Balaban J connectivity index is 1.88. The van der Waals surface area contributed by atoms with Crippen molar-refractivity contribution in [2.75, 3.05) is 19.7 Å². The summed E-state index contributed by atoms with van der Waals surface area (Å²) in [6.45, 7) is 3.82. The molecule has 0 amide bonds. The van der Waals surface area contributed by atoms with Crippen molar-refractivity contribution in [2.24, 2.45) is 0 Å². The average Bonchev–Trinajstić information content (AvgIpc) is 3.23. The summed E-state index contributed by atoms with van der Waals surface area (Å²) in [6, 6.07) is 3.74. The van der Waals surface area contributed by atoms with Crippen LogP contribution in [0.25, 0.3) is 17.2 Å². The van der Waals surface area contributed by atoms with Gasteiger partial charge in [-0.25, -0.2) is 18.4 Å². The predicted octanol–water partition coefficient (Wildman–Crippen LogP) is 2.05. The Morgan fingerprint density at radius 2 is 2.15 bits per heavy atom. The molecule has 0 fully saturated rings. The molecule has 26 heavy (non-hydrogen) atoms. The molecule has 0 radical (unpaired) electrons. The molecule has 2 heterocycles. The van der Waals surface area contributed by atoms with Crippen molar-refractivity contribution >= 4 is 11.6 Å². The highest BCUT2D eigenvalue weighted by Gasteiger charge is 2.24. The van der Waals surface area contributed by atoms with E-state index in [1.807, 2.05) is 0 Å². The highest BCUT2D eigenvalue weighted by molar-refractivity contribution is 6.30. The second kappa shape index (κ2) is 8.11. The van der Waals surface area contributed by atoms with E-state index in [-0.39, 0.29) is 28.1 Å².